The van der Waals surface area contributed by atoms with Gasteiger partial charge >= 0.3 is 6.18 Å². The molecule has 0 aliphatic carbocycles. The zero-order valence-corrected chi connectivity index (χ0v) is 13.9. The van der Waals surface area contributed by atoms with E-state index < -0.39 is 37.6 Å². The number of rotatable bonds is 3. The Morgan fingerprint density at radius 1 is 1.16 bits per heavy atom. The number of carbonyl (C=O) groups excluding carboxylic acids is 1. The Hall–Kier alpha value is -2.26. The number of sulfonamides is 1. The topological polar surface area (TPSA) is 75.3 Å². The predicted octanol–water partition coefficient (Wildman–Crippen LogP) is 3.40. The molecule has 0 bridgehead atoms. The first-order valence-corrected chi connectivity index (χ1v) is 8.75. The second-order valence-electron chi connectivity index (χ2n) is 5.27. The first-order valence-electron chi connectivity index (χ1n) is 6.89. The predicted molar refractivity (Wildman–Crippen MR) is 84.9 cm³/mol. The molecule has 0 saturated carbocycles. The van der Waals surface area contributed by atoms with Crippen LogP contribution >= 0.6 is 11.6 Å². The molecule has 1 heterocycles. The number of nitrogens with one attached hydrogen (secondary N) is 2. The fourth-order valence-corrected chi connectivity index (χ4v) is 3.78. The highest BCUT2D eigenvalue weighted by Crippen LogP contribution is 2.36. The summed E-state index contributed by atoms with van der Waals surface area (Å²) in [6.45, 7) is 0.253. The van der Waals surface area contributed by atoms with Crippen molar-refractivity contribution < 1.29 is 26.4 Å². The summed E-state index contributed by atoms with van der Waals surface area (Å²) in [5.74, 6) is -0.458. The number of benzene rings is 2. The lowest BCUT2D eigenvalue weighted by Gasteiger charge is -2.13. The first-order chi connectivity index (χ1) is 11.6. The van der Waals surface area contributed by atoms with Crippen LogP contribution in [0.3, 0.4) is 0 Å². The summed E-state index contributed by atoms with van der Waals surface area (Å²) in [7, 11) is -4.35. The maximum absolute atomic E-state index is 12.9. The number of alkyl halides is 3. The second kappa shape index (κ2) is 5.92. The number of anilines is 1. The van der Waals surface area contributed by atoms with Gasteiger partial charge in [0.05, 0.1) is 26.7 Å². The SMILES string of the molecule is O=C1NCc2cccc(NS(=O)(=O)c3ccc(Cl)c(C(F)(F)F)c3)c21. The van der Waals surface area contributed by atoms with Crippen molar-refractivity contribution in [1.82, 2.24) is 5.32 Å². The van der Waals surface area contributed by atoms with Crippen LogP contribution in [0.2, 0.25) is 5.02 Å². The molecule has 0 radical (unpaired) electrons. The molecule has 2 aromatic carbocycles. The van der Waals surface area contributed by atoms with Gasteiger partial charge in [-0.05, 0) is 29.8 Å². The molecule has 0 unspecified atom stereocenters. The van der Waals surface area contributed by atoms with Crippen LogP contribution in [0.1, 0.15) is 21.5 Å². The van der Waals surface area contributed by atoms with Crippen molar-refractivity contribution in [2.45, 2.75) is 17.6 Å². The standard InChI is InChI=1S/C15H10ClF3N2O3S/c16-11-5-4-9(6-10(11)15(17,18)19)25(23,24)21-12-3-1-2-8-7-20-14(22)13(8)12/h1-6,21H,7H2,(H,20,22). The minimum Gasteiger partial charge on any atom is -0.348 e. The van der Waals surface area contributed by atoms with E-state index in [1.165, 1.54) is 6.07 Å². The van der Waals surface area contributed by atoms with Gasteiger partial charge < -0.3 is 5.32 Å². The number of hydrogen-bond donors (Lipinski definition) is 2. The normalized spacial score (nSPS) is 14.2. The molecule has 132 valence electrons. The van der Waals surface area contributed by atoms with Crippen LogP contribution < -0.4 is 10.0 Å². The molecular formula is C15H10ClF3N2O3S. The van der Waals surface area contributed by atoms with Gasteiger partial charge in [-0.3, -0.25) is 9.52 Å². The quantitative estimate of drug-likeness (QED) is 0.843. The lowest BCUT2D eigenvalue weighted by molar-refractivity contribution is -0.137. The average Bonchev–Trinajstić information content (AvgIpc) is 2.88. The molecule has 1 aliphatic rings. The molecule has 25 heavy (non-hydrogen) atoms. The Labute approximate surface area is 145 Å². The third-order valence-electron chi connectivity index (χ3n) is 3.62. The summed E-state index contributed by atoms with van der Waals surface area (Å²) < 4.78 is 65.8. The third-order valence-corrected chi connectivity index (χ3v) is 5.31. The molecular weight excluding hydrogens is 381 g/mol. The Kier molecular flexibility index (Phi) is 4.16. The van der Waals surface area contributed by atoms with Gasteiger partial charge in [0.25, 0.3) is 15.9 Å². The van der Waals surface area contributed by atoms with Crippen LogP contribution in [0.5, 0.6) is 0 Å². The summed E-state index contributed by atoms with van der Waals surface area (Å²) in [5, 5.41) is 1.94. The fourth-order valence-electron chi connectivity index (χ4n) is 2.46. The minimum atomic E-state index is -4.80. The van der Waals surface area contributed by atoms with E-state index >= 15 is 0 Å². The van der Waals surface area contributed by atoms with Crippen LogP contribution in [-0.2, 0) is 22.7 Å². The van der Waals surface area contributed by atoms with E-state index in [2.05, 4.69) is 10.0 Å². The van der Waals surface area contributed by atoms with Crippen LogP contribution in [0.4, 0.5) is 18.9 Å². The molecule has 0 saturated heterocycles. The summed E-state index contributed by atoms with van der Waals surface area (Å²) in [6.07, 6.45) is -4.80. The fraction of sp³-hybridized carbons (Fsp3) is 0.133. The van der Waals surface area contributed by atoms with Gasteiger partial charge in [0, 0.05) is 6.54 Å². The highest BCUT2D eigenvalue weighted by molar-refractivity contribution is 7.92. The molecule has 0 fully saturated rings. The average molecular weight is 391 g/mol. The zero-order valence-electron chi connectivity index (χ0n) is 12.3. The van der Waals surface area contributed by atoms with Gasteiger partial charge in [0.15, 0.2) is 0 Å². The van der Waals surface area contributed by atoms with Crippen molar-refractivity contribution in [2.24, 2.45) is 0 Å². The molecule has 10 heteroatoms. The van der Waals surface area contributed by atoms with Crippen molar-refractivity contribution in [2.75, 3.05) is 4.72 Å². The van der Waals surface area contributed by atoms with E-state index in [9.17, 15) is 26.4 Å². The molecule has 2 aromatic rings. The molecule has 5 nitrogen and oxygen atoms in total. The van der Waals surface area contributed by atoms with E-state index in [0.717, 1.165) is 12.1 Å². The molecule has 3 rings (SSSR count). The Morgan fingerprint density at radius 3 is 2.56 bits per heavy atom. The van der Waals surface area contributed by atoms with Crippen molar-refractivity contribution in [3.63, 3.8) is 0 Å². The monoisotopic (exact) mass is 390 g/mol. The third kappa shape index (κ3) is 3.29. The summed E-state index contributed by atoms with van der Waals surface area (Å²) in [4.78, 5) is 11.2. The summed E-state index contributed by atoms with van der Waals surface area (Å²) in [6, 6.07) is 6.83. The lowest BCUT2D eigenvalue weighted by Crippen LogP contribution is -2.18. The van der Waals surface area contributed by atoms with Crippen LogP contribution in [0.25, 0.3) is 0 Å². The molecule has 1 aliphatic heterocycles. The molecule has 2 N–H and O–H groups in total. The number of fused-ring (bicyclic) bond motifs is 1. The van der Waals surface area contributed by atoms with E-state index in [4.69, 9.17) is 11.6 Å². The van der Waals surface area contributed by atoms with Gasteiger partial charge in [-0.2, -0.15) is 13.2 Å². The van der Waals surface area contributed by atoms with Crippen molar-refractivity contribution in [1.29, 1.82) is 0 Å². The van der Waals surface area contributed by atoms with Crippen LogP contribution in [0.15, 0.2) is 41.3 Å². The van der Waals surface area contributed by atoms with E-state index in [1.807, 2.05) is 0 Å². The molecule has 0 atom stereocenters. The Balaban J connectivity index is 2.03. The summed E-state index contributed by atoms with van der Waals surface area (Å²) in [5.41, 5.74) is -0.516. The Bertz CT molecular complexity index is 974. The maximum atomic E-state index is 12.9. The minimum absolute atomic E-state index is 0.00370. The van der Waals surface area contributed by atoms with Crippen LogP contribution in [-0.4, -0.2) is 14.3 Å². The maximum Gasteiger partial charge on any atom is 0.417 e. The van der Waals surface area contributed by atoms with Gasteiger partial charge in [-0.25, -0.2) is 8.42 Å². The first kappa shape index (κ1) is 17.6. The number of amides is 1. The van der Waals surface area contributed by atoms with Crippen molar-refractivity contribution in [3.05, 3.63) is 58.1 Å². The number of carbonyl (C=O) groups is 1. The van der Waals surface area contributed by atoms with Gasteiger partial charge in [-0.15, -0.1) is 0 Å². The smallest absolute Gasteiger partial charge is 0.348 e. The van der Waals surface area contributed by atoms with E-state index in [-0.39, 0.29) is 17.8 Å². The summed E-state index contributed by atoms with van der Waals surface area (Å²) >= 11 is 5.50. The zero-order chi connectivity index (χ0) is 18.4. The van der Waals surface area contributed by atoms with Crippen LogP contribution in [0, 0.1) is 0 Å². The van der Waals surface area contributed by atoms with E-state index in [1.54, 1.807) is 12.1 Å². The number of hydrogen-bond acceptors (Lipinski definition) is 3. The van der Waals surface area contributed by atoms with Gasteiger partial charge in [0.1, 0.15) is 0 Å². The van der Waals surface area contributed by atoms with E-state index in [0.29, 0.717) is 11.6 Å². The van der Waals surface area contributed by atoms with Crippen molar-refractivity contribution in [3.8, 4) is 0 Å². The lowest BCUT2D eigenvalue weighted by atomic mass is 10.1. The Morgan fingerprint density at radius 2 is 1.88 bits per heavy atom. The highest BCUT2D eigenvalue weighted by Gasteiger charge is 2.35. The molecule has 1 amide bonds. The number of halogens is 4. The van der Waals surface area contributed by atoms with Crippen molar-refractivity contribution >= 4 is 33.2 Å². The van der Waals surface area contributed by atoms with Gasteiger partial charge in [-0.1, -0.05) is 23.7 Å². The highest BCUT2D eigenvalue weighted by atomic mass is 35.5. The molecule has 0 aromatic heterocycles. The second-order valence-corrected chi connectivity index (χ2v) is 7.36. The molecule has 0 spiro atoms. The largest absolute Gasteiger partial charge is 0.417 e. The van der Waals surface area contributed by atoms with Gasteiger partial charge in [0.2, 0.25) is 0 Å².